The highest BCUT2D eigenvalue weighted by atomic mass is 19.4. The normalized spacial score (nSPS) is 15.1. The average molecular weight is 892 g/mol. The van der Waals surface area contributed by atoms with Crippen LogP contribution in [0.15, 0.2) is 12.7 Å². The van der Waals surface area contributed by atoms with Gasteiger partial charge in [0.05, 0.1) is 13.1 Å². The number of hydrogen-bond donors (Lipinski definition) is 2. The standard InChI is InChI=1S/C24H18F26N2O4/c1-2-12(55)56-9(7-51-10(53)3-5-13(25,26)15(29,30)17(33,34)19(37,38)21(41,42)23(45,46)47)8-52-11(54)4-6-14(27,28)16(31,32)18(35,36)20(39,40)22(43,44)24(48,49)50/h2,9H,1,3-8H2,(H,51,53)(H,52,54). The van der Waals surface area contributed by atoms with Crippen LogP contribution in [0.1, 0.15) is 25.7 Å². The Morgan fingerprint density at radius 2 is 0.696 bits per heavy atom. The number of esters is 1. The first-order chi connectivity index (χ1) is 24.3. The fraction of sp³-hybridized carbons (Fsp3) is 0.792. The smallest absolute Gasteiger partial charge is 0.455 e. The summed E-state index contributed by atoms with van der Waals surface area (Å²) in [5, 5.41) is 2.61. The molecule has 0 atom stereocenters. The molecule has 6 nitrogen and oxygen atoms in total. The number of nitrogens with one attached hydrogen (secondary N) is 2. The molecular formula is C24H18F26N2O4. The monoisotopic (exact) mass is 892 g/mol. The fourth-order valence-electron chi connectivity index (χ4n) is 3.46. The number of ether oxygens (including phenoxy) is 1. The minimum Gasteiger partial charge on any atom is -0.455 e. The van der Waals surface area contributed by atoms with E-state index in [1.54, 1.807) is 0 Å². The summed E-state index contributed by atoms with van der Waals surface area (Å²) < 4.78 is 347. The van der Waals surface area contributed by atoms with Gasteiger partial charge in [0.1, 0.15) is 6.10 Å². The van der Waals surface area contributed by atoms with Gasteiger partial charge >= 0.3 is 77.5 Å². The molecule has 0 saturated carbocycles. The van der Waals surface area contributed by atoms with Crippen LogP contribution in [0.3, 0.4) is 0 Å². The predicted octanol–water partition coefficient (Wildman–Crippen LogP) is 8.35. The third-order valence-corrected chi connectivity index (χ3v) is 6.83. The average Bonchev–Trinajstić information content (AvgIpc) is 3.01. The van der Waals surface area contributed by atoms with Crippen molar-refractivity contribution in [2.24, 2.45) is 0 Å². The maximum atomic E-state index is 13.9. The van der Waals surface area contributed by atoms with Gasteiger partial charge in [-0.25, -0.2) is 4.79 Å². The molecule has 0 rings (SSSR count). The van der Waals surface area contributed by atoms with Gasteiger partial charge in [-0.1, -0.05) is 6.58 Å². The first-order valence-corrected chi connectivity index (χ1v) is 13.6. The SMILES string of the molecule is C=CC(=O)OC(CNC(=O)CCC(F)(F)C(F)(F)C(F)(F)C(F)(F)C(F)(F)C(F)(F)F)CNC(=O)CCC(F)(F)C(F)(F)C(F)(F)C(F)(F)C(F)(F)C(F)(F)F. The summed E-state index contributed by atoms with van der Waals surface area (Å²) in [6, 6.07) is 0. The van der Waals surface area contributed by atoms with Crippen molar-refractivity contribution in [3.63, 3.8) is 0 Å². The van der Waals surface area contributed by atoms with Crippen LogP contribution in [0.25, 0.3) is 0 Å². The van der Waals surface area contributed by atoms with Gasteiger partial charge in [0.2, 0.25) is 11.8 Å². The molecule has 0 saturated heterocycles. The second kappa shape index (κ2) is 15.9. The van der Waals surface area contributed by atoms with Crippen LogP contribution in [0, 0.1) is 0 Å². The van der Waals surface area contributed by atoms with E-state index in [0.29, 0.717) is 0 Å². The second-order valence-electron chi connectivity index (χ2n) is 10.9. The van der Waals surface area contributed by atoms with E-state index < -0.39 is 134 Å². The lowest BCUT2D eigenvalue weighted by Gasteiger charge is -2.39. The lowest BCUT2D eigenvalue weighted by Crippen LogP contribution is -2.70. The van der Waals surface area contributed by atoms with Crippen LogP contribution in [0.4, 0.5) is 114 Å². The number of amides is 2. The van der Waals surface area contributed by atoms with Crippen molar-refractivity contribution in [2.45, 2.75) is 103 Å². The minimum atomic E-state index is -8.26. The Balaban J connectivity index is 5.80. The molecule has 0 radical (unpaired) electrons. The molecule has 0 aliphatic heterocycles. The van der Waals surface area contributed by atoms with Crippen molar-refractivity contribution in [2.75, 3.05) is 13.1 Å². The van der Waals surface area contributed by atoms with E-state index in [0.717, 1.165) is 0 Å². The van der Waals surface area contributed by atoms with Crippen molar-refractivity contribution in [3.05, 3.63) is 12.7 Å². The number of halogens is 26. The van der Waals surface area contributed by atoms with Gasteiger partial charge in [-0.15, -0.1) is 0 Å². The Hall–Kier alpha value is -3.67. The van der Waals surface area contributed by atoms with Crippen molar-refractivity contribution < 1.29 is 133 Å². The van der Waals surface area contributed by atoms with E-state index in [2.05, 4.69) is 11.3 Å². The highest BCUT2D eigenvalue weighted by molar-refractivity contribution is 5.81. The Bertz CT molecular complexity index is 1330. The van der Waals surface area contributed by atoms with Gasteiger partial charge in [-0.3, -0.25) is 9.59 Å². The summed E-state index contributed by atoms with van der Waals surface area (Å²) >= 11 is 0. The third-order valence-electron chi connectivity index (χ3n) is 6.83. The topological polar surface area (TPSA) is 84.5 Å². The van der Waals surface area contributed by atoms with Gasteiger partial charge in [0.25, 0.3) is 0 Å². The molecule has 2 N–H and O–H groups in total. The maximum absolute atomic E-state index is 13.9. The highest BCUT2D eigenvalue weighted by Crippen LogP contribution is 2.62. The molecule has 0 aliphatic carbocycles. The van der Waals surface area contributed by atoms with Crippen LogP contribution in [-0.4, -0.2) is 109 Å². The summed E-state index contributed by atoms with van der Waals surface area (Å²) in [4.78, 5) is 35.0. The van der Waals surface area contributed by atoms with Crippen molar-refractivity contribution >= 4 is 17.8 Å². The zero-order chi connectivity index (χ0) is 45.4. The van der Waals surface area contributed by atoms with Crippen LogP contribution in [0.5, 0.6) is 0 Å². The van der Waals surface area contributed by atoms with Crippen LogP contribution >= 0.6 is 0 Å². The number of carbonyl (C=O) groups is 3. The van der Waals surface area contributed by atoms with Gasteiger partial charge in [0, 0.05) is 31.8 Å². The molecule has 330 valence electrons. The molecule has 0 spiro atoms. The molecular weight excluding hydrogens is 874 g/mol. The van der Waals surface area contributed by atoms with E-state index in [9.17, 15) is 129 Å². The van der Waals surface area contributed by atoms with E-state index in [4.69, 9.17) is 0 Å². The van der Waals surface area contributed by atoms with Crippen molar-refractivity contribution in [1.29, 1.82) is 0 Å². The predicted molar refractivity (Wildman–Crippen MR) is 126 cm³/mol. The highest BCUT2D eigenvalue weighted by Gasteiger charge is 2.92. The third kappa shape index (κ3) is 9.37. The van der Waals surface area contributed by atoms with Gasteiger partial charge in [0.15, 0.2) is 0 Å². The van der Waals surface area contributed by atoms with Crippen LogP contribution < -0.4 is 10.6 Å². The van der Waals surface area contributed by atoms with Crippen molar-refractivity contribution in [1.82, 2.24) is 10.6 Å². The Labute approximate surface area is 291 Å². The van der Waals surface area contributed by atoms with Gasteiger partial charge in [-0.05, 0) is 0 Å². The van der Waals surface area contributed by atoms with Gasteiger partial charge < -0.3 is 15.4 Å². The summed E-state index contributed by atoms with van der Waals surface area (Å²) in [5.74, 6) is -83.9. The fourth-order valence-corrected chi connectivity index (χ4v) is 3.46. The molecule has 0 aromatic rings. The largest absolute Gasteiger partial charge is 0.460 e. The first kappa shape index (κ1) is 52.3. The quantitative estimate of drug-likeness (QED) is 0.0732. The summed E-state index contributed by atoms with van der Waals surface area (Å²) in [6.45, 7) is -0.0816. The molecule has 0 heterocycles. The van der Waals surface area contributed by atoms with Crippen molar-refractivity contribution in [3.8, 4) is 0 Å². The van der Waals surface area contributed by atoms with E-state index in [1.807, 2.05) is 0 Å². The van der Waals surface area contributed by atoms with E-state index in [-0.39, 0.29) is 6.08 Å². The minimum absolute atomic E-state index is 0.235. The molecule has 56 heavy (non-hydrogen) atoms. The van der Waals surface area contributed by atoms with E-state index in [1.165, 1.54) is 10.6 Å². The summed E-state index contributed by atoms with van der Waals surface area (Å²) in [6.07, 6.45) is -28.0. The lowest BCUT2D eigenvalue weighted by molar-refractivity contribution is -0.440. The summed E-state index contributed by atoms with van der Waals surface area (Å²) in [7, 11) is 0. The summed E-state index contributed by atoms with van der Waals surface area (Å²) in [5.41, 5.74) is 0. The molecule has 32 heteroatoms. The molecule has 0 aromatic carbocycles. The Morgan fingerprint density at radius 3 is 0.929 bits per heavy atom. The molecule has 0 fully saturated rings. The van der Waals surface area contributed by atoms with Gasteiger partial charge in [-0.2, -0.15) is 114 Å². The zero-order valence-corrected chi connectivity index (χ0v) is 26.1. The first-order valence-electron chi connectivity index (χ1n) is 13.6. The molecule has 2 amide bonds. The number of alkyl halides is 26. The molecule has 0 aliphatic rings. The van der Waals surface area contributed by atoms with Crippen LogP contribution in [0.2, 0.25) is 0 Å². The Morgan fingerprint density at radius 1 is 0.446 bits per heavy atom. The second-order valence-corrected chi connectivity index (χ2v) is 10.9. The zero-order valence-electron chi connectivity index (χ0n) is 26.1. The molecule has 0 bridgehead atoms. The lowest BCUT2D eigenvalue weighted by atomic mass is 9.92. The maximum Gasteiger partial charge on any atom is 0.460 e. The van der Waals surface area contributed by atoms with Crippen LogP contribution in [-0.2, 0) is 19.1 Å². The number of rotatable bonds is 20. The van der Waals surface area contributed by atoms with E-state index >= 15 is 0 Å². The number of hydrogen-bond acceptors (Lipinski definition) is 4. The molecule has 0 aromatic heterocycles. The molecule has 0 unspecified atom stereocenters. The Kier molecular flexibility index (Phi) is 14.9. The number of carbonyl (C=O) groups excluding carboxylic acids is 3.